The molecular formula is C12H13FN2O3S. The van der Waals surface area contributed by atoms with Gasteiger partial charge in [-0.2, -0.15) is 0 Å². The number of hydrogen-bond donors (Lipinski definition) is 1. The zero-order chi connectivity index (χ0) is 14.0. The molecule has 102 valence electrons. The van der Waals surface area contributed by atoms with Gasteiger partial charge in [-0.3, -0.25) is 0 Å². The van der Waals surface area contributed by atoms with E-state index in [0.717, 1.165) is 12.1 Å². The Bertz CT molecular complexity index is 663. The van der Waals surface area contributed by atoms with E-state index >= 15 is 0 Å². The number of nitrogens with one attached hydrogen (secondary N) is 1. The first-order valence-electron chi connectivity index (χ1n) is 5.63. The Kier molecular flexibility index (Phi) is 3.57. The molecule has 0 spiro atoms. The summed E-state index contributed by atoms with van der Waals surface area (Å²) in [7, 11) is -3.79. The third kappa shape index (κ3) is 3.11. The molecule has 0 unspecified atom stereocenters. The van der Waals surface area contributed by atoms with Gasteiger partial charge in [0, 0.05) is 6.07 Å². The Morgan fingerprint density at radius 3 is 2.42 bits per heavy atom. The Hall–Kier alpha value is -1.89. The molecule has 1 heterocycles. The molecule has 1 N–H and O–H groups in total. The number of anilines is 1. The van der Waals surface area contributed by atoms with Crippen LogP contribution in [0.2, 0.25) is 0 Å². The van der Waals surface area contributed by atoms with Gasteiger partial charge in [0.05, 0.1) is 10.6 Å². The number of hydrogen-bond acceptors (Lipinski definition) is 4. The van der Waals surface area contributed by atoms with E-state index in [1.807, 2.05) is 13.8 Å². The molecule has 19 heavy (non-hydrogen) atoms. The number of rotatable bonds is 4. The largest absolute Gasteiger partial charge is 0.338 e. The first-order chi connectivity index (χ1) is 8.88. The van der Waals surface area contributed by atoms with Crippen molar-refractivity contribution in [1.82, 2.24) is 5.16 Å². The third-order valence-corrected chi connectivity index (χ3v) is 3.84. The summed E-state index contributed by atoms with van der Waals surface area (Å²) in [5.74, 6) is -0.332. The lowest BCUT2D eigenvalue weighted by Crippen LogP contribution is -2.12. The molecule has 0 fully saturated rings. The molecule has 1 aromatic carbocycles. The van der Waals surface area contributed by atoms with Gasteiger partial charge in [-0.1, -0.05) is 19.0 Å². The fraction of sp³-hybridized carbons (Fsp3) is 0.250. The highest BCUT2D eigenvalue weighted by Gasteiger charge is 2.17. The van der Waals surface area contributed by atoms with Crippen LogP contribution in [0, 0.1) is 5.82 Å². The van der Waals surface area contributed by atoms with E-state index in [2.05, 4.69) is 9.88 Å². The van der Waals surface area contributed by atoms with Crippen molar-refractivity contribution in [2.45, 2.75) is 24.7 Å². The molecule has 5 nitrogen and oxygen atoms in total. The van der Waals surface area contributed by atoms with Crippen molar-refractivity contribution in [1.29, 1.82) is 0 Å². The van der Waals surface area contributed by atoms with Crippen LogP contribution in [0.3, 0.4) is 0 Å². The quantitative estimate of drug-likeness (QED) is 0.937. The molecule has 0 radical (unpaired) electrons. The summed E-state index contributed by atoms with van der Waals surface area (Å²) in [5.41, 5.74) is 0.650. The van der Waals surface area contributed by atoms with E-state index in [9.17, 15) is 12.8 Å². The van der Waals surface area contributed by atoms with E-state index in [0.29, 0.717) is 5.69 Å². The highest BCUT2D eigenvalue weighted by atomic mass is 32.2. The monoisotopic (exact) mass is 284 g/mol. The second-order valence-electron chi connectivity index (χ2n) is 4.33. The summed E-state index contributed by atoms with van der Waals surface area (Å²) in [6.07, 6.45) is 0. The van der Waals surface area contributed by atoms with Gasteiger partial charge in [-0.25, -0.2) is 17.5 Å². The molecular weight excluding hydrogens is 271 g/mol. The molecule has 2 aromatic rings. The average molecular weight is 284 g/mol. The normalized spacial score (nSPS) is 11.8. The van der Waals surface area contributed by atoms with Gasteiger partial charge in [0.2, 0.25) is 5.88 Å². The highest BCUT2D eigenvalue weighted by Crippen LogP contribution is 2.20. The molecule has 7 heteroatoms. The number of nitrogens with zero attached hydrogens (tertiary/aromatic N) is 1. The van der Waals surface area contributed by atoms with Crippen molar-refractivity contribution in [3.63, 3.8) is 0 Å². The topological polar surface area (TPSA) is 72.2 Å². The lowest BCUT2D eigenvalue weighted by Gasteiger charge is -2.04. The fourth-order valence-electron chi connectivity index (χ4n) is 1.41. The smallest absolute Gasteiger partial charge is 0.264 e. The summed E-state index contributed by atoms with van der Waals surface area (Å²) in [5, 5.41) is 3.75. The summed E-state index contributed by atoms with van der Waals surface area (Å²) in [4.78, 5) is -0.0450. The van der Waals surface area contributed by atoms with Crippen LogP contribution in [0.1, 0.15) is 25.5 Å². The van der Waals surface area contributed by atoms with Crippen LogP contribution < -0.4 is 4.72 Å². The standard InChI is InChI=1S/C12H13FN2O3S/c1-8(2)11-7-12(18-14-11)15-19(16,17)10-5-3-9(13)4-6-10/h3-8,15H,1-2H3. The van der Waals surface area contributed by atoms with Crippen molar-refractivity contribution >= 4 is 15.9 Å². The van der Waals surface area contributed by atoms with Crippen LogP contribution in [0.25, 0.3) is 0 Å². The van der Waals surface area contributed by atoms with Gasteiger partial charge in [0.1, 0.15) is 5.82 Å². The Morgan fingerprint density at radius 2 is 1.89 bits per heavy atom. The second-order valence-corrected chi connectivity index (χ2v) is 6.01. The highest BCUT2D eigenvalue weighted by molar-refractivity contribution is 7.92. The molecule has 0 atom stereocenters. The predicted molar refractivity (Wildman–Crippen MR) is 67.8 cm³/mol. The average Bonchev–Trinajstić information content (AvgIpc) is 2.77. The van der Waals surface area contributed by atoms with Crippen LogP contribution >= 0.6 is 0 Å². The van der Waals surface area contributed by atoms with Gasteiger partial charge in [0.25, 0.3) is 10.0 Å². The van der Waals surface area contributed by atoms with E-state index in [-0.39, 0.29) is 16.7 Å². The Balaban J connectivity index is 2.23. The minimum Gasteiger partial charge on any atom is -0.338 e. The van der Waals surface area contributed by atoms with Crippen LogP contribution in [0.15, 0.2) is 39.8 Å². The van der Waals surface area contributed by atoms with Crippen LogP contribution in [-0.4, -0.2) is 13.6 Å². The van der Waals surface area contributed by atoms with E-state index in [1.54, 1.807) is 0 Å². The Labute approximate surface area is 110 Å². The van der Waals surface area contributed by atoms with Crippen molar-refractivity contribution in [2.75, 3.05) is 4.72 Å². The molecule has 0 aliphatic rings. The molecule has 0 bridgehead atoms. The van der Waals surface area contributed by atoms with E-state index in [1.165, 1.54) is 18.2 Å². The summed E-state index contributed by atoms with van der Waals surface area (Å²) >= 11 is 0. The van der Waals surface area contributed by atoms with Crippen LogP contribution in [0.4, 0.5) is 10.3 Å². The van der Waals surface area contributed by atoms with Gasteiger partial charge >= 0.3 is 0 Å². The van der Waals surface area contributed by atoms with Crippen LogP contribution in [0.5, 0.6) is 0 Å². The van der Waals surface area contributed by atoms with Crippen LogP contribution in [-0.2, 0) is 10.0 Å². The number of halogens is 1. The molecule has 0 aliphatic heterocycles. The summed E-state index contributed by atoms with van der Waals surface area (Å²) < 4.78 is 43.8. The van der Waals surface area contributed by atoms with Crippen molar-refractivity contribution < 1.29 is 17.3 Å². The second kappa shape index (κ2) is 5.00. The van der Waals surface area contributed by atoms with Gasteiger partial charge in [-0.15, -0.1) is 0 Å². The molecule has 1 aromatic heterocycles. The number of aromatic nitrogens is 1. The van der Waals surface area contributed by atoms with E-state index in [4.69, 9.17) is 4.52 Å². The van der Waals surface area contributed by atoms with Crippen molar-refractivity contribution in [2.24, 2.45) is 0 Å². The first kappa shape index (κ1) is 13.5. The SMILES string of the molecule is CC(C)c1cc(NS(=O)(=O)c2ccc(F)cc2)on1. The number of sulfonamides is 1. The molecule has 0 aliphatic carbocycles. The molecule has 0 saturated carbocycles. The first-order valence-corrected chi connectivity index (χ1v) is 7.12. The minimum absolute atomic E-state index is 0.0352. The maximum atomic E-state index is 12.8. The minimum atomic E-state index is -3.79. The fourth-order valence-corrected chi connectivity index (χ4v) is 2.39. The lowest BCUT2D eigenvalue weighted by molar-refractivity contribution is 0.423. The zero-order valence-corrected chi connectivity index (χ0v) is 11.2. The predicted octanol–water partition coefficient (Wildman–Crippen LogP) is 2.74. The van der Waals surface area contributed by atoms with Gasteiger partial charge in [-0.05, 0) is 30.2 Å². The van der Waals surface area contributed by atoms with Crippen molar-refractivity contribution in [3.8, 4) is 0 Å². The van der Waals surface area contributed by atoms with Gasteiger partial charge in [0.15, 0.2) is 0 Å². The van der Waals surface area contributed by atoms with Crippen molar-refractivity contribution in [3.05, 3.63) is 41.8 Å². The molecule has 0 amide bonds. The molecule has 0 saturated heterocycles. The summed E-state index contributed by atoms with van der Waals surface area (Å²) in [6, 6.07) is 6.03. The Morgan fingerprint density at radius 1 is 1.26 bits per heavy atom. The summed E-state index contributed by atoms with van der Waals surface area (Å²) in [6.45, 7) is 3.83. The maximum absolute atomic E-state index is 12.8. The lowest BCUT2D eigenvalue weighted by atomic mass is 10.1. The van der Waals surface area contributed by atoms with Gasteiger partial charge < -0.3 is 4.52 Å². The number of benzene rings is 1. The van der Waals surface area contributed by atoms with E-state index < -0.39 is 15.8 Å². The third-order valence-electron chi connectivity index (χ3n) is 2.48. The zero-order valence-electron chi connectivity index (χ0n) is 10.4. The maximum Gasteiger partial charge on any atom is 0.264 e. The molecule has 2 rings (SSSR count).